The van der Waals surface area contributed by atoms with Crippen molar-refractivity contribution in [3.05, 3.63) is 54.1 Å². The van der Waals surface area contributed by atoms with Gasteiger partial charge in [0.15, 0.2) is 0 Å². The molecule has 1 aromatic rings. The minimum Gasteiger partial charge on any atom is -0.491 e. The summed E-state index contributed by atoms with van der Waals surface area (Å²) in [5, 5.41) is 19.0. The molecule has 0 aliphatic heterocycles. The quantitative estimate of drug-likeness (QED) is 0.415. The van der Waals surface area contributed by atoms with E-state index in [0.717, 1.165) is 5.56 Å². The number of aliphatic hydroxyl groups is 2. The number of aliphatic hydroxyl groups excluding tert-OH is 2. The van der Waals surface area contributed by atoms with E-state index in [2.05, 4.69) is 0 Å². The van der Waals surface area contributed by atoms with Crippen LogP contribution in [-0.4, -0.2) is 36.0 Å². The Labute approximate surface area is 136 Å². The van der Waals surface area contributed by atoms with Gasteiger partial charge < -0.3 is 19.7 Å². The number of rotatable bonds is 9. The molecule has 2 N–H and O–H groups in total. The van der Waals surface area contributed by atoms with Crippen LogP contribution in [-0.2, 0) is 9.53 Å². The molecule has 0 unspecified atom stereocenters. The van der Waals surface area contributed by atoms with Crippen LogP contribution in [0.4, 0.5) is 0 Å². The molecular formula is C18H24O5. The van der Waals surface area contributed by atoms with E-state index in [-0.39, 0.29) is 25.1 Å². The summed E-state index contributed by atoms with van der Waals surface area (Å²) in [5.41, 5.74) is 0.771. The minimum atomic E-state index is -0.658. The van der Waals surface area contributed by atoms with Crippen LogP contribution in [0.25, 0.3) is 0 Å². The fourth-order valence-corrected chi connectivity index (χ4v) is 1.90. The first-order valence-electron chi connectivity index (χ1n) is 7.61. The Morgan fingerprint density at radius 3 is 2.57 bits per heavy atom. The molecule has 0 saturated heterocycles. The molecule has 0 spiro atoms. The Bertz CT molecular complexity index is 519. The summed E-state index contributed by atoms with van der Waals surface area (Å²) >= 11 is 0. The van der Waals surface area contributed by atoms with E-state index in [1.54, 1.807) is 43.3 Å². The fourth-order valence-electron chi connectivity index (χ4n) is 1.90. The maximum atomic E-state index is 11.1. The smallest absolute Gasteiger partial charge is 0.330 e. The average Bonchev–Trinajstić information content (AvgIpc) is 2.56. The van der Waals surface area contributed by atoms with Gasteiger partial charge >= 0.3 is 5.97 Å². The van der Waals surface area contributed by atoms with Gasteiger partial charge in [0.2, 0.25) is 0 Å². The third-order valence-electron chi connectivity index (χ3n) is 3.12. The highest BCUT2D eigenvalue weighted by Gasteiger charge is 2.13. The van der Waals surface area contributed by atoms with Gasteiger partial charge in [-0.25, -0.2) is 4.79 Å². The number of carbonyl (C=O) groups is 1. The van der Waals surface area contributed by atoms with Crippen molar-refractivity contribution in [3.8, 4) is 5.75 Å². The molecule has 126 valence electrons. The molecule has 1 rings (SSSR count). The maximum Gasteiger partial charge on any atom is 0.330 e. The maximum absolute atomic E-state index is 11.1. The van der Waals surface area contributed by atoms with Crippen molar-refractivity contribution < 1.29 is 24.5 Å². The molecule has 1 aromatic carbocycles. The highest BCUT2D eigenvalue weighted by molar-refractivity contribution is 5.82. The summed E-state index contributed by atoms with van der Waals surface area (Å²) in [6.45, 7) is 4.19. The average molecular weight is 320 g/mol. The molecule has 0 aromatic heterocycles. The van der Waals surface area contributed by atoms with Gasteiger partial charge in [-0.1, -0.05) is 37.3 Å². The molecule has 23 heavy (non-hydrogen) atoms. The Hall–Kier alpha value is -2.11. The minimum absolute atomic E-state index is 0.0362. The summed E-state index contributed by atoms with van der Waals surface area (Å²) in [6.07, 6.45) is 5.80. The van der Waals surface area contributed by atoms with E-state index in [4.69, 9.17) is 14.6 Å². The van der Waals surface area contributed by atoms with E-state index in [9.17, 15) is 9.90 Å². The molecule has 0 aliphatic carbocycles. The molecular weight excluding hydrogens is 296 g/mol. The molecule has 0 aliphatic rings. The predicted molar refractivity (Wildman–Crippen MR) is 88.1 cm³/mol. The fraction of sp³-hybridized carbons (Fsp3) is 0.389. The van der Waals surface area contributed by atoms with Crippen LogP contribution in [0.15, 0.2) is 48.6 Å². The van der Waals surface area contributed by atoms with Crippen LogP contribution in [0.5, 0.6) is 5.75 Å². The predicted octanol–water partition coefficient (Wildman–Crippen LogP) is 2.40. The molecule has 0 radical (unpaired) electrons. The molecule has 0 bridgehead atoms. The van der Waals surface area contributed by atoms with Crippen molar-refractivity contribution in [2.45, 2.75) is 20.0 Å². The Morgan fingerprint density at radius 2 is 1.96 bits per heavy atom. The van der Waals surface area contributed by atoms with Gasteiger partial charge in [0.25, 0.3) is 0 Å². The second-order valence-corrected chi connectivity index (χ2v) is 4.94. The standard InChI is InChI=1S/C18H24O5/c1-3-22-17(20)7-5-4-6-14(2)18(21)15-8-10-16(11-9-15)23-13-12-19/h4-11,14,18-19,21H,3,12-13H2,1-2H3/b6-4+,7-5+/t14-,18+/m0/s1. The van der Waals surface area contributed by atoms with Crippen molar-refractivity contribution in [1.82, 2.24) is 0 Å². The first-order chi connectivity index (χ1) is 11.1. The van der Waals surface area contributed by atoms with E-state index >= 15 is 0 Å². The number of hydrogen-bond acceptors (Lipinski definition) is 5. The number of esters is 1. The van der Waals surface area contributed by atoms with Crippen LogP contribution in [0, 0.1) is 5.92 Å². The highest BCUT2D eigenvalue weighted by atomic mass is 16.5. The Morgan fingerprint density at radius 1 is 1.26 bits per heavy atom. The van der Waals surface area contributed by atoms with E-state index in [0.29, 0.717) is 12.4 Å². The monoisotopic (exact) mass is 320 g/mol. The van der Waals surface area contributed by atoms with E-state index in [1.807, 2.05) is 13.0 Å². The zero-order chi connectivity index (χ0) is 17.1. The number of allylic oxidation sites excluding steroid dienone is 2. The molecule has 0 heterocycles. The second kappa shape index (κ2) is 10.6. The van der Waals surface area contributed by atoms with Crippen molar-refractivity contribution in [2.75, 3.05) is 19.8 Å². The van der Waals surface area contributed by atoms with Gasteiger partial charge in [-0.15, -0.1) is 0 Å². The van der Waals surface area contributed by atoms with Crippen LogP contribution in [0.1, 0.15) is 25.5 Å². The molecule has 0 amide bonds. The van der Waals surface area contributed by atoms with Gasteiger partial charge in [-0.2, -0.15) is 0 Å². The SMILES string of the molecule is CCOC(=O)/C=C/C=C/[C@H](C)[C@@H](O)c1ccc(OCCO)cc1. The largest absolute Gasteiger partial charge is 0.491 e. The zero-order valence-corrected chi connectivity index (χ0v) is 13.5. The summed E-state index contributed by atoms with van der Waals surface area (Å²) in [4.78, 5) is 11.1. The zero-order valence-electron chi connectivity index (χ0n) is 13.5. The van der Waals surface area contributed by atoms with Crippen molar-refractivity contribution in [2.24, 2.45) is 5.92 Å². The van der Waals surface area contributed by atoms with Gasteiger partial charge in [0, 0.05) is 12.0 Å². The lowest BCUT2D eigenvalue weighted by Crippen LogP contribution is -2.07. The number of hydrogen-bond donors (Lipinski definition) is 2. The van der Waals surface area contributed by atoms with Crippen molar-refractivity contribution >= 4 is 5.97 Å². The van der Waals surface area contributed by atoms with Crippen LogP contribution in [0.2, 0.25) is 0 Å². The van der Waals surface area contributed by atoms with Crippen molar-refractivity contribution in [1.29, 1.82) is 0 Å². The van der Waals surface area contributed by atoms with Crippen LogP contribution < -0.4 is 4.74 Å². The lowest BCUT2D eigenvalue weighted by Gasteiger charge is -2.16. The summed E-state index contributed by atoms with van der Waals surface area (Å²) in [7, 11) is 0. The topological polar surface area (TPSA) is 76.0 Å². The van der Waals surface area contributed by atoms with Gasteiger partial charge in [0.1, 0.15) is 12.4 Å². The Kier molecular flexibility index (Phi) is 8.72. The molecule has 5 heteroatoms. The molecule has 0 fully saturated rings. The normalized spacial score (nSPS) is 14.1. The first kappa shape index (κ1) is 18.9. The van der Waals surface area contributed by atoms with Crippen molar-refractivity contribution in [3.63, 3.8) is 0 Å². The third-order valence-corrected chi connectivity index (χ3v) is 3.12. The van der Waals surface area contributed by atoms with Crippen LogP contribution in [0.3, 0.4) is 0 Å². The van der Waals surface area contributed by atoms with Gasteiger partial charge in [-0.05, 0) is 24.6 Å². The van der Waals surface area contributed by atoms with Gasteiger partial charge in [-0.3, -0.25) is 0 Å². The summed E-state index contributed by atoms with van der Waals surface area (Å²) < 4.78 is 10.0. The lowest BCUT2D eigenvalue weighted by atomic mass is 9.97. The second-order valence-electron chi connectivity index (χ2n) is 4.94. The summed E-state index contributed by atoms with van der Waals surface area (Å²) in [6, 6.07) is 7.09. The first-order valence-corrected chi connectivity index (χ1v) is 7.61. The third kappa shape index (κ3) is 7.13. The number of carbonyl (C=O) groups excluding carboxylic acids is 1. The van der Waals surface area contributed by atoms with Crippen LogP contribution >= 0.6 is 0 Å². The lowest BCUT2D eigenvalue weighted by molar-refractivity contribution is -0.137. The number of benzene rings is 1. The molecule has 0 saturated carbocycles. The molecule has 2 atom stereocenters. The molecule has 5 nitrogen and oxygen atoms in total. The Balaban J connectivity index is 2.55. The van der Waals surface area contributed by atoms with E-state index in [1.165, 1.54) is 6.08 Å². The van der Waals surface area contributed by atoms with Gasteiger partial charge in [0.05, 0.1) is 19.3 Å². The van der Waals surface area contributed by atoms with E-state index < -0.39 is 6.10 Å². The number of ether oxygens (including phenoxy) is 2. The highest BCUT2D eigenvalue weighted by Crippen LogP contribution is 2.24. The summed E-state index contributed by atoms with van der Waals surface area (Å²) in [5.74, 6) is 0.144.